The van der Waals surface area contributed by atoms with Crippen molar-refractivity contribution in [3.63, 3.8) is 0 Å². The normalized spacial score (nSPS) is 16.4. The molecule has 2 unspecified atom stereocenters. The first-order chi connectivity index (χ1) is 37.6. The standard InChI is InChI=1S/C52H68O2Si.C25H32O/c1-49(2,3)31-35-27-37-39(29-41(51(7,8)9)45(53-13)43(37)33-23-19-17-20-24-33)47(35)55(15,16)48-36(32-50(4,5)6)28-38-40(48)30-42(52(10,11)12)46(54-14)44(38)34-25-21-18-22-26-34;1-24(2,3)16-17-13-19-15-21(25(4,5)6)23(26-7)22(20(19)14-17)18-11-9-8-10-12-18/h17-30,47-48H,31-32H2,1-16H3;8-13,15H,14,16H2,1-7H3. The van der Waals surface area contributed by atoms with Crippen LogP contribution in [0, 0.1) is 16.2 Å². The van der Waals surface area contributed by atoms with Crippen molar-refractivity contribution in [2.45, 2.75) is 191 Å². The quantitative estimate of drug-likeness (QED) is 0.121. The summed E-state index contributed by atoms with van der Waals surface area (Å²) in [6.07, 6.45) is 11.9. The largest absolute Gasteiger partial charge is 0.496 e. The van der Waals surface area contributed by atoms with Crippen LogP contribution in [0.2, 0.25) is 13.1 Å². The Morgan fingerprint density at radius 3 is 1.05 bits per heavy atom. The molecule has 6 aromatic rings. The van der Waals surface area contributed by atoms with Crippen LogP contribution in [0.5, 0.6) is 17.2 Å². The molecule has 3 nitrogen and oxygen atoms in total. The van der Waals surface area contributed by atoms with Crippen LogP contribution in [0.25, 0.3) is 51.6 Å². The van der Waals surface area contributed by atoms with E-state index in [1.54, 1.807) is 11.1 Å². The summed E-state index contributed by atoms with van der Waals surface area (Å²) in [6.45, 7) is 47.7. The van der Waals surface area contributed by atoms with Crippen LogP contribution in [0.4, 0.5) is 0 Å². The molecule has 6 aromatic carbocycles. The molecule has 0 fully saturated rings. The molecule has 2 atom stereocenters. The third-order valence-corrected chi connectivity index (χ3v) is 21.2. The van der Waals surface area contributed by atoms with Gasteiger partial charge in [-0.1, -0.05) is 276 Å². The first kappa shape index (κ1) is 61.2. The van der Waals surface area contributed by atoms with Crippen molar-refractivity contribution in [2.24, 2.45) is 16.2 Å². The summed E-state index contributed by atoms with van der Waals surface area (Å²) in [5, 5.41) is 0. The number of fused-ring (bicyclic) bond motifs is 3. The number of hydrogen-bond donors (Lipinski definition) is 0. The van der Waals surface area contributed by atoms with Gasteiger partial charge in [-0.05, 0) is 114 Å². The second-order valence-electron chi connectivity index (χ2n) is 31.2. The number of allylic oxidation sites excluding steroid dienone is 3. The van der Waals surface area contributed by atoms with Gasteiger partial charge >= 0.3 is 0 Å². The lowest BCUT2D eigenvalue weighted by atomic mass is 9.81. The molecule has 0 bridgehead atoms. The van der Waals surface area contributed by atoms with Gasteiger partial charge in [0.05, 0.1) is 29.4 Å². The summed E-state index contributed by atoms with van der Waals surface area (Å²) in [7, 11) is 3.18. The van der Waals surface area contributed by atoms with E-state index in [0.717, 1.165) is 42.9 Å². The minimum atomic E-state index is -2.35. The molecule has 4 heteroatoms. The Hall–Kier alpha value is -5.84. The summed E-state index contributed by atoms with van der Waals surface area (Å²) in [6, 6.07) is 40.2. The van der Waals surface area contributed by atoms with Gasteiger partial charge in [-0.15, -0.1) is 0 Å². The van der Waals surface area contributed by atoms with E-state index in [-0.39, 0.29) is 27.1 Å². The Morgan fingerprint density at radius 2 is 0.728 bits per heavy atom. The molecule has 9 rings (SSSR count). The molecule has 0 N–H and O–H groups in total. The Labute approximate surface area is 492 Å². The van der Waals surface area contributed by atoms with Crippen molar-refractivity contribution in [3.05, 3.63) is 176 Å². The van der Waals surface area contributed by atoms with Crippen LogP contribution >= 0.6 is 0 Å². The van der Waals surface area contributed by atoms with Crippen molar-refractivity contribution < 1.29 is 14.2 Å². The molecule has 0 aromatic heterocycles. The van der Waals surface area contributed by atoms with Gasteiger partial charge in [-0.25, -0.2) is 0 Å². The van der Waals surface area contributed by atoms with Gasteiger partial charge in [-0.3, -0.25) is 0 Å². The van der Waals surface area contributed by atoms with Gasteiger partial charge in [0, 0.05) is 44.5 Å². The Morgan fingerprint density at radius 1 is 0.407 bits per heavy atom. The summed E-state index contributed by atoms with van der Waals surface area (Å²) < 4.78 is 18.9. The third-order valence-electron chi connectivity index (χ3n) is 16.9. The van der Waals surface area contributed by atoms with Crippen LogP contribution in [-0.2, 0) is 22.7 Å². The zero-order chi connectivity index (χ0) is 59.6. The van der Waals surface area contributed by atoms with E-state index in [4.69, 9.17) is 14.2 Å². The maximum Gasteiger partial charge on any atom is 0.131 e. The SMILES string of the molecule is COc1c(C(C)(C)C)cc2c(c1-c1ccccc1)C=C(CC(C)(C)C)C2[Si](C)(C)C1C(CC(C)(C)C)=Cc2c1cc(C(C)(C)C)c(OC)c2-c1ccccc1.COc1c(C(C)(C)C)cc2c(c1-c1ccccc1)CC(CC(C)(C)C)=C2. The minimum Gasteiger partial charge on any atom is -0.496 e. The topological polar surface area (TPSA) is 27.7 Å². The highest BCUT2D eigenvalue weighted by atomic mass is 28.3. The van der Waals surface area contributed by atoms with Gasteiger partial charge in [0.25, 0.3) is 0 Å². The summed E-state index contributed by atoms with van der Waals surface area (Å²) in [5.74, 6) is 3.06. The molecular weight excluding hydrogens is 1000 g/mol. The fourth-order valence-electron chi connectivity index (χ4n) is 13.9. The first-order valence-electron chi connectivity index (χ1n) is 30.1. The van der Waals surface area contributed by atoms with Crippen LogP contribution in [0.3, 0.4) is 0 Å². The first-order valence-corrected chi connectivity index (χ1v) is 33.2. The molecule has 430 valence electrons. The molecule has 3 aliphatic carbocycles. The fraction of sp³-hybridized carbons (Fsp3) is 0.455. The predicted molar refractivity (Wildman–Crippen MR) is 354 cm³/mol. The van der Waals surface area contributed by atoms with E-state index < -0.39 is 8.07 Å². The number of rotatable bonds is 11. The highest BCUT2D eigenvalue weighted by Gasteiger charge is 2.51. The monoisotopic (exact) mass is 1100 g/mol. The molecule has 0 heterocycles. The van der Waals surface area contributed by atoms with E-state index >= 15 is 0 Å². The smallest absolute Gasteiger partial charge is 0.131 e. The Kier molecular flexibility index (Phi) is 16.9. The zero-order valence-electron chi connectivity index (χ0n) is 54.3. The summed E-state index contributed by atoms with van der Waals surface area (Å²) >= 11 is 0. The molecule has 0 spiro atoms. The van der Waals surface area contributed by atoms with Gasteiger partial charge in [-0.2, -0.15) is 0 Å². The lowest BCUT2D eigenvalue weighted by Crippen LogP contribution is -2.44. The molecule has 0 aliphatic heterocycles. The number of benzene rings is 6. The van der Waals surface area contributed by atoms with Crippen LogP contribution in [-0.4, -0.2) is 29.4 Å². The second-order valence-corrected chi connectivity index (χ2v) is 36.0. The average Bonchev–Trinajstić information content (AvgIpc) is 4.11. The number of ether oxygens (including phenoxy) is 3. The molecule has 0 saturated heterocycles. The maximum absolute atomic E-state index is 6.44. The van der Waals surface area contributed by atoms with Gasteiger partial charge in [0.1, 0.15) is 17.2 Å². The van der Waals surface area contributed by atoms with Crippen LogP contribution in [0.1, 0.15) is 205 Å². The number of hydrogen-bond acceptors (Lipinski definition) is 3. The Balaban J connectivity index is 0.000000275. The Bertz CT molecular complexity index is 3210. The molecule has 0 saturated carbocycles. The maximum atomic E-state index is 6.44. The van der Waals surface area contributed by atoms with Crippen LogP contribution in [0.15, 0.2) is 126 Å². The second kappa shape index (κ2) is 22.4. The van der Waals surface area contributed by atoms with Crippen molar-refractivity contribution in [3.8, 4) is 50.6 Å². The number of methoxy groups -OCH3 is 3. The third kappa shape index (κ3) is 12.9. The minimum absolute atomic E-state index is 0.0323. The molecule has 81 heavy (non-hydrogen) atoms. The van der Waals surface area contributed by atoms with E-state index in [9.17, 15) is 0 Å². The van der Waals surface area contributed by atoms with Gasteiger partial charge in [0.2, 0.25) is 0 Å². The van der Waals surface area contributed by atoms with Crippen molar-refractivity contribution in [1.82, 2.24) is 0 Å². The molecule has 3 aliphatic rings. The lowest BCUT2D eigenvalue weighted by Gasteiger charge is -2.43. The van der Waals surface area contributed by atoms with E-state index in [1.807, 2.05) is 21.3 Å². The molecular formula is C77H100O3Si. The summed E-state index contributed by atoms with van der Waals surface area (Å²) in [5.41, 5.74) is 25.6. The van der Waals surface area contributed by atoms with E-state index in [0.29, 0.717) is 16.5 Å². The van der Waals surface area contributed by atoms with Crippen molar-refractivity contribution in [2.75, 3.05) is 21.3 Å². The predicted octanol–water partition coefficient (Wildman–Crippen LogP) is 22.0. The van der Waals surface area contributed by atoms with Crippen molar-refractivity contribution >= 4 is 26.3 Å². The van der Waals surface area contributed by atoms with Gasteiger partial charge < -0.3 is 14.2 Å². The van der Waals surface area contributed by atoms with Crippen molar-refractivity contribution in [1.29, 1.82) is 0 Å². The zero-order valence-corrected chi connectivity index (χ0v) is 55.3. The highest BCUT2D eigenvalue weighted by molar-refractivity contribution is 6.82. The average molecular weight is 1100 g/mol. The van der Waals surface area contributed by atoms with E-state index in [1.165, 1.54) is 89.0 Å². The lowest BCUT2D eigenvalue weighted by molar-refractivity contribution is 0.398. The molecule has 0 radical (unpaired) electrons. The molecule has 0 amide bonds. The highest BCUT2D eigenvalue weighted by Crippen LogP contribution is 2.61. The van der Waals surface area contributed by atoms with Gasteiger partial charge in [0.15, 0.2) is 0 Å². The summed E-state index contributed by atoms with van der Waals surface area (Å²) in [4.78, 5) is 0. The fourth-order valence-corrected chi connectivity index (χ4v) is 18.6. The van der Waals surface area contributed by atoms with Crippen LogP contribution < -0.4 is 14.2 Å². The van der Waals surface area contributed by atoms with E-state index in [2.05, 4.69) is 265 Å².